The summed E-state index contributed by atoms with van der Waals surface area (Å²) in [6, 6.07) is 16.9. The molecule has 0 unspecified atom stereocenters. The van der Waals surface area contributed by atoms with Crippen LogP contribution in [-0.2, 0) is 0 Å². The molecule has 4 heteroatoms. The molecule has 0 fully saturated rings. The number of anilines is 4. The Bertz CT molecular complexity index is 805. The van der Waals surface area contributed by atoms with Gasteiger partial charge in [0.05, 0.1) is 34.1 Å². The summed E-state index contributed by atoms with van der Waals surface area (Å²) in [6.07, 6.45) is 0. The van der Waals surface area contributed by atoms with Crippen LogP contribution in [0.5, 0.6) is 0 Å². The van der Waals surface area contributed by atoms with Gasteiger partial charge in [0.1, 0.15) is 11.6 Å². The number of nitrogens with zero attached hydrogens (tertiary/aromatic N) is 2. The van der Waals surface area contributed by atoms with Gasteiger partial charge in [-0.15, -0.1) is 0 Å². The van der Waals surface area contributed by atoms with Crippen molar-refractivity contribution in [3.05, 3.63) is 71.6 Å². The number of nitrogens with one attached hydrogen (secondary N) is 2. The van der Waals surface area contributed by atoms with Gasteiger partial charge in [0.15, 0.2) is 0 Å². The Balaban J connectivity index is 1.76. The summed E-state index contributed by atoms with van der Waals surface area (Å²) in [5.41, 5.74) is 7.14. The van der Waals surface area contributed by atoms with E-state index in [9.17, 15) is 0 Å². The first-order valence-electron chi connectivity index (χ1n) is 7.50. The second kappa shape index (κ2) is 3.85. The van der Waals surface area contributed by atoms with Gasteiger partial charge in [0.2, 0.25) is 0 Å². The maximum absolute atomic E-state index is 3.56. The lowest BCUT2D eigenvalue weighted by atomic mass is 10.2. The van der Waals surface area contributed by atoms with Gasteiger partial charge >= 0.3 is 0 Å². The SMILES string of the molecule is CC1=C2Nc3ccccc3N2C(C)=C2Nc3ccccc3N12. The molecule has 2 aromatic rings. The van der Waals surface area contributed by atoms with Crippen molar-refractivity contribution in [2.45, 2.75) is 13.8 Å². The van der Waals surface area contributed by atoms with E-state index in [0.29, 0.717) is 0 Å². The molecule has 3 aliphatic heterocycles. The topological polar surface area (TPSA) is 30.5 Å². The summed E-state index contributed by atoms with van der Waals surface area (Å²) < 4.78 is 0. The first kappa shape index (κ1) is 11.7. The van der Waals surface area contributed by atoms with Crippen LogP contribution in [0.25, 0.3) is 0 Å². The van der Waals surface area contributed by atoms with Crippen LogP contribution in [0, 0.1) is 0 Å². The zero-order valence-corrected chi connectivity index (χ0v) is 12.5. The number of para-hydroxylation sites is 4. The van der Waals surface area contributed by atoms with E-state index in [1.54, 1.807) is 0 Å². The number of fused-ring (bicyclic) bond motifs is 6. The van der Waals surface area contributed by atoms with Crippen molar-refractivity contribution < 1.29 is 0 Å². The molecule has 3 heterocycles. The van der Waals surface area contributed by atoms with E-state index < -0.39 is 0 Å². The largest absolute Gasteiger partial charge is 0.338 e. The second-order valence-electron chi connectivity index (χ2n) is 5.82. The van der Waals surface area contributed by atoms with E-state index in [4.69, 9.17) is 0 Å². The van der Waals surface area contributed by atoms with Crippen molar-refractivity contribution in [3.63, 3.8) is 0 Å². The van der Waals surface area contributed by atoms with Crippen LogP contribution in [0.15, 0.2) is 71.6 Å². The molecule has 0 aromatic heterocycles. The summed E-state index contributed by atoms with van der Waals surface area (Å²) in [6.45, 7) is 4.33. The number of rotatable bonds is 0. The lowest BCUT2D eigenvalue weighted by Crippen LogP contribution is -2.35. The minimum Gasteiger partial charge on any atom is -0.338 e. The van der Waals surface area contributed by atoms with Crippen LogP contribution >= 0.6 is 0 Å². The Morgan fingerprint density at radius 2 is 1.05 bits per heavy atom. The smallest absolute Gasteiger partial charge is 0.135 e. The minimum atomic E-state index is 1.14. The third kappa shape index (κ3) is 1.27. The van der Waals surface area contributed by atoms with E-state index >= 15 is 0 Å². The maximum atomic E-state index is 3.56. The molecule has 4 nitrogen and oxygen atoms in total. The Labute approximate surface area is 129 Å². The fraction of sp³-hybridized carbons (Fsp3) is 0.111. The molecule has 0 saturated carbocycles. The van der Waals surface area contributed by atoms with Crippen LogP contribution in [0.4, 0.5) is 22.7 Å². The Morgan fingerprint density at radius 1 is 0.636 bits per heavy atom. The van der Waals surface area contributed by atoms with E-state index in [1.807, 2.05) is 0 Å². The monoisotopic (exact) mass is 288 g/mol. The highest BCUT2D eigenvalue weighted by Gasteiger charge is 2.39. The normalized spacial score (nSPS) is 17.7. The molecule has 0 amide bonds. The molecule has 0 spiro atoms. The Kier molecular flexibility index (Phi) is 2.06. The first-order chi connectivity index (χ1) is 10.8. The van der Waals surface area contributed by atoms with E-state index in [-0.39, 0.29) is 0 Å². The number of hydrogen-bond donors (Lipinski definition) is 2. The second-order valence-corrected chi connectivity index (χ2v) is 5.82. The zero-order valence-electron chi connectivity index (χ0n) is 12.5. The first-order valence-corrected chi connectivity index (χ1v) is 7.50. The van der Waals surface area contributed by atoms with Crippen LogP contribution in [0.3, 0.4) is 0 Å². The van der Waals surface area contributed by atoms with Crippen LogP contribution in [0.1, 0.15) is 13.8 Å². The quantitative estimate of drug-likeness (QED) is 0.759. The molecule has 0 aliphatic carbocycles. The molecular weight excluding hydrogens is 272 g/mol. The predicted octanol–water partition coefficient (Wildman–Crippen LogP) is 4.24. The van der Waals surface area contributed by atoms with Gasteiger partial charge in [-0.1, -0.05) is 24.3 Å². The Morgan fingerprint density at radius 3 is 1.50 bits per heavy atom. The van der Waals surface area contributed by atoms with Gasteiger partial charge in [-0.05, 0) is 38.1 Å². The molecule has 0 saturated heterocycles. The third-order valence-electron chi connectivity index (χ3n) is 4.60. The van der Waals surface area contributed by atoms with Crippen molar-refractivity contribution in [3.8, 4) is 0 Å². The molecule has 108 valence electrons. The fourth-order valence-corrected chi connectivity index (χ4v) is 3.57. The molecule has 2 aromatic carbocycles. The van der Waals surface area contributed by atoms with Crippen molar-refractivity contribution in [2.75, 3.05) is 20.4 Å². The van der Waals surface area contributed by atoms with Crippen LogP contribution < -0.4 is 20.4 Å². The lowest BCUT2D eigenvalue weighted by molar-refractivity contribution is 0.935. The summed E-state index contributed by atoms with van der Waals surface area (Å²) in [4.78, 5) is 4.60. The van der Waals surface area contributed by atoms with Gasteiger partial charge in [-0.2, -0.15) is 0 Å². The van der Waals surface area contributed by atoms with Crippen molar-refractivity contribution >= 4 is 22.7 Å². The van der Waals surface area contributed by atoms with E-state index in [0.717, 1.165) is 23.0 Å². The van der Waals surface area contributed by atoms with Crippen molar-refractivity contribution in [1.29, 1.82) is 0 Å². The highest BCUT2D eigenvalue weighted by atomic mass is 15.4. The lowest BCUT2D eigenvalue weighted by Gasteiger charge is -2.34. The van der Waals surface area contributed by atoms with Crippen LogP contribution in [0.2, 0.25) is 0 Å². The summed E-state index contributed by atoms with van der Waals surface area (Å²) in [5.74, 6) is 2.28. The molecule has 2 N–H and O–H groups in total. The fourth-order valence-electron chi connectivity index (χ4n) is 3.57. The molecule has 0 bridgehead atoms. The summed E-state index contributed by atoms with van der Waals surface area (Å²) in [7, 11) is 0. The summed E-state index contributed by atoms with van der Waals surface area (Å²) in [5, 5.41) is 7.12. The summed E-state index contributed by atoms with van der Waals surface area (Å²) >= 11 is 0. The van der Waals surface area contributed by atoms with Gasteiger partial charge < -0.3 is 10.6 Å². The van der Waals surface area contributed by atoms with Gasteiger partial charge in [0.25, 0.3) is 0 Å². The number of allylic oxidation sites excluding steroid dienone is 2. The molecule has 0 radical (unpaired) electrons. The van der Waals surface area contributed by atoms with Gasteiger partial charge in [-0.3, -0.25) is 9.80 Å². The average Bonchev–Trinajstić information content (AvgIpc) is 3.12. The molecule has 0 atom stereocenters. The van der Waals surface area contributed by atoms with Gasteiger partial charge in [-0.25, -0.2) is 0 Å². The molecule has 5 rings (SSSR count). The van der Waals surface area contributed by atoms with Crippen molar-refractivity contribution in [2.24, 2.45) is 0 Å². The highest BCUT2D eigenvalue weighted by Crippen LogP contribution is 2.49. The third-order valence-corrected chi connectivity index (χ3v) is 4.60. The molecule has 22 heavy (non-hydrogen) atoms. The standard InChI is InChI=1S/C18H16N4/c1-11-17-19-14-8-4-6-10-16(14)22(17)12(2)18-20-13-7-3-5-9-15(13)21(11)18/h3-10,19-20H,1-2H3. The van der Waals surface area contributed by atoms with Crippen molar-refractivity contribution in [1.82, 2.24) is 0 Å². The van der Waals surface area contributed by atoms with Gasteiger partial charge in [0, 0.05) is 0 Å². The predicted molar refractivity (Wildman–Crippen MR) is 90.5 cm³/mol. The number of hydrogen-bond acceptors (Lipinski definition) is 4. The zero-order chi connectivity index (χ0) is 14.8. The van der Waals surface area contributed by atoms with E-state index in [1.165, 1.54) is 22.8 Å². The highest BCUT2D eigenvalue weighted by molar-refractivity contribution is 5.91. The number of benzene rings is 2. The molecular formula is C18H16N4. The minimum absolute atomic E-state index is 1.14. The van der Waals surface area contributed by atoms with Crippen LogP contribution in [-0.4, -0.2) is 0 Å². The average molecular weight is 288 g/mol. The molecule has 3 aliphatic rings. The maximum Gasteiger partial charge on any atom is 0.135 e. The Hall–Kier alpha value is -2.88. The van der Waals surface area contributed by atoms with E-state index in [2.05, 4.69) is 82.8 Å².